The predicted octanol–water partition coefficient (Wildman–Crippen LogP) is 3.53. The monoisotopic (exact) mass is 303 g/mol. The van der Waals surface area contributed by atoms with E-state index in [1.165, 1.54) is 12.1 Å². The SMILES string of the molecule is CC(NC(=O)c1cccc(C(=O)O)c1)c1cccc(Cl)c1. The number of carboxylic acid groups (broad SMARTS) is 1. The molecule has 108 valence electrons. The third-order valence-corrected chi connectivity index (χ3v) is 3.30. The zero-order chi connectivity index (χ0) is 15.4. The third-order valence-electron chi connectivity index (χ3n) is 3.07. The molecule has 0 radical (unpaired) electrons. The van der Waals surface area contributed by atoms with E-state index in [0.717, 1.165) is 5.56 Å². The van der Waals surface area contributed by atoms with Gasteiger partial charge >= 0.3 is 5.97 Å². The minimum Gasteiger partial charge on any atom is -0.478 e. The van der Waals surface area contributed by atoms with Crippen LogP contribution in [0.15, 0.2) is 48.5 Å². The molecule has 0 aliphatic rings. The lowest BCUT2D eigenvalue weighted by atomic mass is 10.1. The van der Waals surface area contributed by atoms with E-state index < -0.39 is 5.97 Å². The molecule has 1 unspecified atom stereocenters. The summed E-state index contributed by atoms with van der Waals surface area (Å²) < 4.78 is 0. The van der Waals surface area contributed by atoms with E-state index in [0.29, 0.717) is 10.6 Å². The van der Waals surface area contributed by atoms with Crippen molar-refractivity contribution in [2.75, 3.05) is 0 Å². The number of nitrogens with one attached hydrogen (secondary N) is 1. The zero-order valence-corrected chi connectivity index (χ0v) is 12.1. The summed E-state index contributed by atoms with van der Waals surface area (Å²) in [6.07, 6.45) is 0. The molecule has 0 aromatic heterocycles. The van der Waals surface area contributed by atoms with Gasteiger partial charge in [0, 0.05) is 10.6 Å². The second-order valence-electron chi connectivity index (χ2n) is 4.64. The fourth-order valence-corrected chi connectivity index (χ4v) is 2.13. The Morgan fingerprint density at radius 3 is 2.43 bits per heavy atom. The molecule has 2 N–H and O–H groups in total. The maximum atomic E-state index is 12.2. The average Bonchev–Trinajstić information content (AvgIpc) is 2.47. The first kappa shape index (κ1) is 15.1. The Hall–Kier alpha value is -2.33. The maximum absolute atomic E-state index is 12.2. The number of carboxylic acids is 1. The van der Waals surface area contributed by atoms with Crippen molar-refractivity contribution in [1.82, 2.24) is 5.32 Å². The molecule has 2 rings (SSSR count). The van der Waals surface area contributed by atoms with Gasteiger partial charge in [0.2, 0.25) is 0 Å². The van der Waals surface area contributed by atoms with Gasteiger partial charge < -0.3 is 10.4 Å². The van der Waals surface area contributed by atoms with E-state index in [2.05, 4.69) is 5.32 Å². The van der Waals surface area contributed by atoms with Crippen molar-refractivity contribution in [2.24, 2.45) is 0 Å². The van der Waals surface area contributed by atoms with Crippen LogP contribution in [-0.4, -0.2) is 17.0 Å². The van der Waals surface area contributed by atoms with Gasteiger partial charge in [0.25, 0.3) is 5.91 Å². The van der Waals surface area contributed by atoms with E-state index in [1.54, 1.807) is 24.3 Å². The van der Waals surface area contributed by atoms with Crippen LogP contribution in [0.5, 0.6) is 0 Å². The molecule has 0 heterocycles. The summed E-state index contributed by atoms with van der Waals surface area (Å²) in [6.45, 7) is 1.84. The van der Waals surface area contributed by atoms with Gasteiger partial charge in [-0.1, -0.05) is 29.8 Å². The molecule has 4 nitrogen and oxygen atoms in total. The van der Waals surface area contributed by atoms with Crippen LogP contribution in [0.2, 0.25) is 5.02 Å². The molecule has 21 heavy (non-hydrogen) atoms. The highest BCUT2D eigenvalue weighted by Gasteiger charge is 2.13. The number of benzene rings is 2. The molecule has 2 aromatic rings. The summed E-state index contributed by atoms with van der Waals surface area (Å²) in [4.78, 5) is 23.1. The first-order chi connectivity index (χ1) is 9.97. The highest BCUT2D eigenvalue weighted by atomic mass is 35.5. The number of aromatic carboxylic acids is 1. The second kappa shape index (κ2) is 6.41. The number of halogens is 1. The Morgan fingerprint density at radius 1 is 1.10 bits per heavy atom. The zero-order valence-electron chi connectivity index (χ0n) is 11.3. The molecule has 0 saturated carbocycles. The van der Waals surface area contributed by atoms with E-state index in [9.17, 15) is 9.59 Å². The van der Waals surface area contributed by atoms with Crippen molar-refractivity contribution in [2.45, 2.75) is 13.0 Å². The Morgan fingerprint density at radius 2 is 1.76 bits per heavy atom. The highest BCUT2D eigenvalue weighted by molar-refractivity contribution is 6.30. The lowest BCUT2D eigenvalue weighted by molar-refractivity contribution is 0.0697. The van der Waals surface area contributed by atoms with Crippen LogP contribution in [-0.2, 0) is 0 Å². The van der Waals surface area contributed by atoms with Gasteiger partial charge in [0.05, 0.1) is 11.6 Å². The van der Waals surface area contributed by atoms with Crippen molar-refractivity contribution >= 4 is 23.5 Å². The fraction of sp³-hybridized carbons (Fsp3) is 0.125. The predicted molar refractivity (Wildman–Crippen MR) is 80.7 cm³/mol. The standard InChI is InChI=1S/C16H14ClNO3/c1-10(11-4-3-7-14(17)9-11)18-15(19)12-5-2-6-13(8-12)16(20)21/h2-10H,1H3,(H,18,19)(H,20,21). The third kappa shape index (κ3) is 3.83. The normalized spacial score (nSPS) is 11.7. The largest absolute Gasteiger partial charge is 0.478 e. The number of rotatable bonds is 4. The molecular weight excluding hydrogens is 290 g/mol. The van der Waals surface area contributed by atoms with Gasteiger partial charge in [0.1, 0.15) is 0 Å². The molecule has 0 bridgehead atoms. The topological polar surface area (TPSA) is 66.4 Å². The molecule has 0 spiro atoms. The first-order valence-corrected chi connectivity index (χ1v) is 6.75. The number of hydrogen-bond acceptors (Lipinski definition) is 2. The van der Waals surface area contributed by atoms with Crippen molar-refractivity contribution in [3.8, 4) is 0 Å². The molecule has 0 aliphatic carbocycles. The molecule has 0 saturated heterocycles. The van der Waals surface area contributed by atoms with Crippen molar-refractivity contribution < 1.29 is 14.7 Å². The Balaban J connectivity index is 2.14. The highest BCUT2D eigenvalue weighted by Crippen LogP contribution is 2.18. The van der Waals surface area contributed by atoms with Crippen LogP contribution < -0.4 is 5.32 Å². The van der Waals surface area contributed by atoms with Crippen LogP contribution in [0.4, 0.5) is 0 Å². The lowest BCUT2D eigenvalue weighted by Gasteiger charge is -2.14. The van der Waals surface area contributed by atoms with E-state index >= 15 is 0 Å². The second-order valence-corrected chi connectivity index (χ2v) is 5.07. The molecule has 0 fully saturated rings. The lowest BCUT2D eigenvalue weighted by Crippen LogP contribution is -2.26. The van der Waals surface area contributed by atoms with Crippen LogP contribution >= 0.6 is 11.6 Å². The van der Waals surface area contributed by atoms with Gasteiger partial charge in [-0.15, -0.1) is 0 Å². The Bertz CT molecular complexity index is 685. The van der Waals surface area contributed by atoms with E-state index in [-0.39, 0.29) is 17.5 Å². The van der Waals surface area contributed by atoms with Crippen molar-refractivity contribution in [3.63, 3.8) is 0 Å². The van der Waals surface area contributed by atoms with Gasteiger partial charge in [-0.3, -0.25) is 4.79 Å². The van der Waals surface area contributed by atoms with Crippen LogP contribution in [0.3, 0.4) is 0 Å². The molecule has 1 atom stereocenters. The first-order valence-electron chi connectivity index (χ1n) is 6.37. The number of carbonyl (C=O) groups excluding carboxylic acids is 1. The van der Waals surface area contributed by atoms with Crippen LogP contribution in [0.1, 0.15) is 39.2 Å². The summed E-state index contributed by atoms with van der Waals surface area (Å²) in [5.41, 5.74) is 1.27. The van der Waals surface area contributed by atoms with E-state index in [1.807, 2.05) is 19.1 Å². The minimum atomic E-state index is -1.06. The molecular formula is C16H14ClNO3. The van der Waals surface area contributed by atoms with Crippen molar-refractivity contribution in [1.29, 1.82) is 0 Å². The number of carbonyl (C=O) groups is 2. The molecule has 1 amide bonds. The van der Waals surface area contributed by atoms with Gasteiger partial charge in [0.15, 0.2) is 0 Å². The van der Waals surface area contributed by atoms with Crippen molar-refractivity contribution in [3.05, 3.63) is 70.2 Å². The van der Waals surface area contributed by atoms with Gasteiger partial charge in [-0.25, -0.2) is 4.79 Å². The van der Waals surface area contributed by atoms with Gasteiger partial charge in [-0.2, -0.15) is 0 Å². The van der Waals surface area contributed by atoms with Crippen LogP contribution in [0.25, 0.3) is 0 Å². The summed E-state index contributed by atoms with van der Waals surface area (Å²) in [5, 5.41) is 12.3. The maximum Gasteiger partial charge on any atom is 0.335 e. The Kier molecular flexibility index (Phi) is 4.60. The van der Waals surface area contributed by atoms with Crippen LogP contribution in [0, 0.1) is 0 Å². The minimum absolute atomic E-state index is 0.0815. The molecule has 0 aliphatic heterocycles. The summed E-state index contributed by atoms with van der Waals surface area (Å²) in [6, 6.07) is 12.9. The molecule has 5 heteroatoms. The summed E-state index contributed by atoms with van der Waals surface area (Å²) in [7, 11) is 0. The number of amides is 1. The average molecular weight is 304 g/mol. The van der Waals surface area contributed by atoms with E-state index in [4.69, 9.17) is 16.7 Å². The van der Waals surface area contributed by atoms with Gasteiger partial charge in [-0.05, 0) is 42.8 Å². The quantitative estimate of drug-likeness (QED) is 0.908. The summed E-state index contributed by atoms with van der Waals surface area (Å²) >= 11 is 5.92. The number of hydrogen-bond donors (Lipinski definition) is 2. The Labute approximate surface area is 127 Å². The molecule has 2 aromatic carbocycles. The fourth-order valence-electron chi connectivity index (χ4n) is 1.93. The smallest absolute Gasteiger partial charge is 0.335 e. The summed E-state index contributed by atoms with van der Waals surface area (Å²) in [5.74, 6) is -1.39.